The second-order valence-electron chi connectivity index (χ2n) is 4.54. The van der Waals surface area contributed by atoms with Gasteiger partial charge in [0.1, 0.15) is 25.8 Å². The molecule has 0 aliphatic carbocycles. The zero-order valence-corrected chi connectivity index (χ0v) is 10.5. The molecule has 1 aromatic rings. The van der Waals surface area contributed by atoms with Crippen molar-refractivity contribution in [3.8, 4) is 11.5 Å². The van der Waals surface area contributed by atoms with E-state index in [0.29, 0.717) is 30.4 Å². The fourth-order valence-electron chi connectivity index (χ4n) is 2.22. The van der Waals surface area contributed by atoms with Crippen LogP contribution in [0.15, 0.2) is 18.2 Å². The summed E-state index contributed by atoms with van der Waals surface area (Å²) in [6.45, 7) is 2.71. The second kappa shape index (κ2) is 4.46. The molecule has 6 nitrogen and oxygen atoms in total. The quantitative estimate of drug-likeness (QED) is 0.791. The Morgan fingerprint density at radius 2 is 1.95 bits per heavy atom. The summed E-state index contributed by atoms with van der Waals surface area (Å²) in [4.78, 5) is 25.1. The lowest BCUT2D eigenvalue weighted by Gasteiger charge is -2.31. The zero-order chi connectivity index (χ0) is 13.4. The number of carbonyl (C=O) groups excluding carboxylic acids is 2. The van der Waals surface area contributed by atoms with Crippen LogP contribution in [0.1, 0.15) is 6.92 Å². The Morgan fingerprint density at radius 3 is 2.74 bits per heavy atom. The van der Waals surface area contributed by atoms with E-state index >= 15 is 0 Å². The summed E-state index contributed by atoms with van der Waals surface area (Å²) in [7, 11) is 0. The monoisotopic (exact) mass is 262 g/mol. The Hall–Kier alpha value is -2.24. The standard InChI is InChI=1S/C13H14N2O4/c1-8-13(17)15(7-12(16)14-8)9-2-3-10-11(6-9)19-5-4-18-10/h2-3,6,8H,4-5,7H2,1H3,(H,14,16). The number of carbonyl (C=O) groups is 2. The molecule has 2 aliphatic heterocycles. The van der Waals surface area contributed by atoms with Crippen molar-refractivity contribution in [1.29, 1.82) is 0 Å². The van der Waals surface area contributed by atoms with Gasteiger partial charge in [-0.05, 0) is 19.1 Å². The van der Waals surface area contributed by atoms with Crippen molar-refractivity contribution < 1.29 is 19.1 Å². The third kappa shape index (κ3) is 2.09. The van der Waals surface area contributed by atoms with Crippen molar-refractivity contribution in [3.05, 3.63) is 18.2 Å². The van der Waals surface area contributed by atoms with Crippen LogP contribution < -0.4 is 19.7 Å². The highest BCUT2D eigenvalue weighted by atomic mass is 16.6. The smallest absolute Gasteiger partial charge is 0.249 e. The lowest BCUT2D eigenvalue weighted by Crippen LogP contribution is -2.57. The Kier molecular flexibility index (Phi) is 2.77. The molecule has 0 bridgehead atoms. The molecule has 1 saturated heterocycles. The van der Waals surface area contributed by atoms with Gasteiger partial charge < -0.3 is 19.7 Å². The fourth-order valence-corrected chi connectivity index (χ4v) is 2.22. The minimum absolute atomic E-state index is 0.0306. The summed E-state index contributed by atoms with van der Waals surface area (Å²) >= 11 is 0. The van der Waals surface area contributed by atoms with Crippen LogP contribution in [-0.2, 0) is 9.59 Å². The second-order valence-corrected chi connectivity index (χ2v) is 4.54. The summed E-state index contributed by atoms with van der Waals surface area (Å²) in [6, 6.07) is 4.75. The highest BCUT2D eigenvalue weighted by molar-refractivity contribution is 6.06. The van der Waals surface area contributed by atoms with Crippen molar-refractivity contribution in [2.24, 2.45) is 0 Å². The number of nitrogens with one attached hydrogen (secondary N) is 1. The number of ether oxygens (including phenoxy) is 2. The van der Waals surface area contributed by atoms with Crippen molar-refractivity contribution >= 4 is 17.5 Å². The van der Waals surface area contributed by atoms with Crippen LogP contribution in [0.25, 0.3) is 0 Å². The number of hydrogen-bond acceptors (Lipinski definition) is 4. The maximum atomic E-state index is 12.1. The van der Waals surface area contributed by atoms with Crippen LogP contribution in [0, 0.1) is 0 Å². The van der Waals surface area contributed by atoms with Gasteiger partial charge in [-0.1, -0.05) is 0 Å². The highest BCUT2D eigenvalue weighted by Gasteiger charge is 2.31. The molecule has 1 atom stereocenters. The van der Waals surface area contributed by atoms with E-state index in [0.717, 1.165) is 0 Å². The molecule has 0 aromatic heterocycles. The number of nitrogens with zero attached hydrogens (tertiary/aromatic N) is 1. The van der Waals surface area contributed by atoms with Gasteiger partial charge in [0.15, 0.2) is 11.5 Å². The number of hydrogen-bond donors (Lipinski definition) is 1. The number of fused-ring (bicyclic) bond motifs is 1. The molecule has 1 unspecified atom stereocenters. The third-order valence-corrected chi connectivity index (χ3v) is 3.15. The van der Waals surface area contributed by atoms with E-state index < -0.39 is 6.04 Å². The Bertz CT molecular complexity index is 543. The first-order valence-electron chi connectivity index (χ1n) is 6.15. The SMILES string of the molecule is CC1NC(=O)CN(c2ccc3c(c2)OCCO3)C1=O. The van der Waals surface area contributed by atoms with E-state index in [-0.39, 0.29) is 18.4 Å². The van der Waals surface area contributed by atoms with Gasteiger partial charge in [0.05, 0.1) is 0 Å². The summed E-state index contributed by atoms with van der Waals surface area (Å²) in [5.74, 6) is 0.977. The Morgan fingerprint density at radius 1 is 1.21 bits per heavy atom. The number of amides is 2. The molecule has 2 heterocycles. The van der Waals surface area contributed by atoms with E-state index in [1.165, 1.54) is 4.90 Å². The van der Waals surface area contributed by atoms with Crippen molar-refractivity contribution in [3.63, 3.8) is 0 Å². The van der Waals surface area contributed by atoms with Gasteiger partial charge in [-0.25, -0.2) is 0 Å². The largest absolute Gasteiger partial charge is 0.486 e. The molecular formula is C13H14N2O4. The number of benzene rings is 1. The first-order chi connectivity index (χ1) is 9.15. The topological polar surface area (TPSA) is 67.9 Å². The first kappa shape index (κ1) is 11.8. The van der Waals surface area contributed by atoms with Gasteiger partial charge in [0.25, 0.3) is 0 Å². The van der Waals surface area contributed by atoms with Gasteiger partial charge >= 0.3 is 0 Å². The lowest BCUT2D eigenvalue weighted by atomic mass is 10.1. The number of anilines is 1. The number of piperazine rings is 1. The predicted molar refractivity (Wildman–Crippen MR) is 67.4 cm³/mol. The third-order valence-electron chi connectivity index (χ3n) is 3.15. The lowest BCUT2D eigenvalue weighted by molar-refractivity contribution is -0.130. The van der Waals surface area contributed by atoms with Gasteiger partial charge in [0.2, 0.25) is 11.8 Å². The molecule has 0 radical (unpaired) electrons. The van der Waals surface area contributed by atoms with Gasteiger partial charge in [0, 0.05) is 11.8 Å². The number of rotatable bonds is 1. The molecule has 6 heteroatoms. The minimum Gasteiger partial charge on any atom is -0.486 e. The molecular weight excluding hydrogens is 248 g/mol. The summed E-state index contributed by atoms with van der Waals surface area (Å²) < 4.78 is 10.9. The minimum atomic E-state index is -0.505. The zero-order valence-electron chi connectivity index (χ0n) is 10.5. The maximum absolute atomic E-state index is 12.1. The Labute approximate surface area is 110 Å². The molecule has 100 valence electrons. The highest BCUT2D eigenvalue weighted by Crippen LogP contribution is 2.34. The van der Waals surface area contributed by atoms with Crippen LogP contribution in [0.2, 0.25) is 0 Å². The molecule has 1 fully saturated rings. The van der Waals surface area contributed by atoms with Crippen molar-refractivity contribution in [2.75, 3.05) is 24.7 Å². The Balaban J connectivity index is 1.92. The molecule has 2 amide bonds. The summed E-state index contributed by atoms with van der Waals surface area (Å²) in [5.41, 5.74) is 0.649. The molecule has 19 heavy (non-hydrogen) atoms. The van der Waals surface area contributed by atoms with E-state index in [1.807, 2.05) is 0 Å². The summed E-state index contributed by atoms with van der Waals surface area (Å²) in [6.07, 6.45) is 0. The van der Waals surface area contributed by atoms with Gasteiger partial charge in [-0.3, -0.25) is 9.59 Å². The molecule has 1 N–H and O–H groups in total. The molecule has 0 spiro atoms. The van der Waals surface area contributed by atoms with E-state index in [2.05, 4.69) is 5.32 Å². The fraction of sp³-hybridized carbons (Fsp3) is 0.385. The van der Waals surface area contributed by atoms with E-state index in [1.54, 1.807) is 25.1 Å². The van der Waals surface area contributed by atoms with Gasteiger partial charge in [-0.15, -0.1) is 0 Å². The van der Waals surface area contributed by atoms with Crippen LogP contribution >= 0.6 is 0 Å². The average Bonchev–Trinajstić information content (AvgIpc) is 2.42. The molecule has 1 aromatic carbocycles. The van der Waals surface area contributed by atoms with Crippen molar-refractivity contribution in [1.82, 2.24) is 5.32 Å². The van der Waals surface area contributed by atoms with Crippen LogP contribution in [-0.4, -0.2) is 37.6 Å². The first-order valence-corrected chi connectivity index (χ1v) is 6.15. The van der Waals surface area contributed by atoms with Crippen LogP contribution in [0.3, 0.4) is 0 Å². The average molecular weight is 262 g/mol. The molecule has 3 rings (SSSR count). The molecule has 0 saturated carbocycles. The summed E-state index contributed by atoms with van der Waals surface area (Å²) in [5, 5.41) is 2.60. The predicted octanol–water partition coefficient (Wildman–Crippen LogP) is 0.309. The molecule has 2 aliphatic rings. The van der Waals surface area contributed by atoms with Crippen LogP contribution in [0.4, 0.5) is 5.69 Å². The van der Waals surface area contributed by atoms with Crippen molar-refractivity contribution in [2.45, 2.75) is 13.0 Å². The normalized spacial score (nSPS) is 22.2. The maximum Gasteiger partial charge on any atom is 0.249 e. The van der Waals surface area contributed by atoms with E-state index in [4.69, 9.17) is 9.47 Å². The van der Waals surface area contributed by atoms with E-state index in [9.17, 15) is 9.59 Å². The van der Waals surface area contributed by atoms with Crippen LogP contribution in [0.5, 0.6) is 11.5 Å². The van der Waals surface area contributed by atoms with Gasteiger partial charge in [-0.2, -0.15) is 0 Å².